The average molecular weight is 577 g/mol. The Morgan fingerprint density at radius 3 is 1.86 bits per heavy atom. The van der Waals surface area contributed by atoms with E-state index in [0.717, 1.165) is 42.1 Å². The van der Waals surface area contributed by atoms with Gasteiger partial charge in [-0.15, -0.1) is 0 Å². The minimum Gasteiger partial charge on any atom is -0.349 e. The van der Waals surface area contributed by atoms with E-state index in [4.69, 9.17) is 9.47 Å². The quantitative estimate of drug-likeness (QED) is 0.309. The first-order valence-corrected chi connectivity index (χ1v) is 19.1. The summed E-state index contributed by atoms with van der Waals surface area (Å²) in [5.41, 5.74) is 3.35. The maximum absolute atomic E-state index is 7.49. The van der Waals surface area contributed by atoms with E-state index >= 15 is 0 Å². The zero-order chi connectivity index (χ0) is 29.0. The van der Waals surface area contributed by atoms with Crippen molar-refractivity contribution in [3.63, 3.8) is 0 Å². The van der Waals surface area contributed by atoms with Crippen molar-refractivity contribution in [3.05, 3.63) is 0 Å². The van der Waals surface area contributed by atoms with Crippen LogP contribution in [0.25, 0.3) is 0 Å². The summed E-state index contributed by atoms with van der Waals surface area (Å²) >= 11 is 0. The van der Waals surface area contributed by atoms with Gasteiger partial charge in [-0.1, -0.05) is 54.4 Å². The molecule has 0 aromatic heterocycles. The Hall–Kier alpha value is -0.0800. The molecule has 0 N–H and O–H groups in total. The van der Waals surface area contributed by atoms with Crippen molar-refractivity contribution < 1.29 is 9.47 Å². The highest BCUT2D eigenvalue weighted by Gasteiger charge is 2.71. The largest absolute Gasteiger partial charge is 0.349 e. The lowest BCUT2D eigenvalue weighted by Gasteiger charge is -2.64. The minimum atomic E-state index is 0.0393. The van der Waals surface area contributed by atoms with Gasteiger partial charge < -0.3 is 9.47 Å². The van der Waals surface area contributed by atoms with Crippen LogP contribution in [0.3, 0.4) is 0 Å². The molecule has 9 aliphatic rings. The highest BCUT2D eigenvalue weighted by molar-refractivity contribution is 5.19. The van der Waals surface area contributed by atoms with Gasteiger partial charge >= 0.3 is 0 Å². The molecule has 13 atom stereocenters. The molecule has 42 heavy (non-hydrogen) atoms. The molecule has 0 aromatic carbocycles. The summed E-state index contributed by atoms with van der Waals surface area (Å²) in [6.07, 6.45) is 26.3. The molecule has 0 aromatic rings. The number of fused-ring (bicyclic) bond motifs is 7. The number of ether oxygens (including phenoxy) is 2. The highest BCUT2D eigenvalue weighted by Crippen LogP contribution is 2.76. The molecule has 8 aliphatic carbocycles. The van der Waals surface area contributed by atoms with Crippen molar-refractivity contribution in [2.75, 3.05) is 6.61 Å². The molecule has 9 fully saturated rings. The molecular formula is C40H64O2. The summed E-state index contributed by atoms with van der Waals surface area (Å²) in [4.78, 5) is 0. The fourth-order valence-electron chi connectivity index (χ4n) is 17.1. The summed E-state index contributed by atoms with van der Waals surface area (Å²) in [5, 5.41) is 0. The zero-order valence-electron chi connectivity index (χ0n) is 28.4. The Balaban J connectivity index is 0.952. The minimum absolute atomic E-state index is 0.0393. The SMILES string of the molecule is CC1(C)CCCC2(C)C1CCC13CC(CCC12)C(C1OCC2(CC45CCC6C(C)(C)CCCC6(C)C4CCC2C5)O1)C3. The van der Waals surface area contributed by atoms with Gasteiger partial charge in [-0.05, 0) is 171 Å². The third-order valence-electron chi connectivity index (χ3n) is 18.3. The van der Waals surface area contributed by atoms with Gasteiger partial charge in [0, 0.05) is 5.92 Å². The third-order valence-corrected chi connectivity index (χ3v) is 18.3. The van der Waals surface area contributed by atoms with Gasteiger partial charge in [-0.25, -0.2) is 0 Å². The Labute approximate surface area is 258 Å². The maximum Gasteiger partial charge on any atom is 0.161 e. The highest BCUT2D eigenvalue weighted by atomic mass is 16.7. The fraction of sp³-hybridized carbons (Fsp3) is 1.00. The first-order valence-electron chi connectivity index (χ1n) is 19.1. The summed E-state index contributed by atoms with van der Waals surface area (Å²) in [7, 11) is 0. The second kappa shape index (κ2) is 8.63. The van der Waals surface area contributed by atoms with Crippen LogP contribution < -0.4 is 0 Å². The third kappa shape index (κ3) is 3.47. The van der Waals surface area contributed by atoms with Crippen LogP contribution in [0.1, 0.15) is 157 Å². The summed E-state index contributed by atoms with van der Waals surface area (Å²) in [5.74, 6) is 5.98. The molecule has 1 heterocycles. The van der Waals surface area contributed by atoms with Gasteiger partial charge in [-0.3, -0.25) is 0 Å². The number of rotatable bonds is 1. The second-order valence-electron chi connectivity index (χ2n) is 20.6. The van der Waals surface area contributed by atoms with Crippen molar-refractivity contribution in [2.24, 2.45) is 73.9 Å². The van der Waals surface area contributed by atoms with E-state index in [0.29, 0.717) is 38.4 Å². The van der Waals surface area contributed by atoms with Gasteiger partial charge in [-0.2, -0.15) is 0 Å². The lowest BCUT2D eigenvalue weighted by Crippen LogP contribution is -2.55. The van der Waals surface area contributed by atoms with E-state index < -0.39 is 0 Å². The molecule has 1 aliphatic heterocycles. The Kier molecular flexibility index (Phi) is 5.79. The maximum atomic E-state index is 7.49. The van der Waals surface area contributed by atoms with Crippen molar-refractivity contribution in [1.82, 2.24) is 0 Å². The van der Waals surface area contributed by atoms with Crippen LogP contribution in [-0.2, 0) is 9.47 Å². The van der Waals surface area contributed by atoms with Gasteiger partial charge in [0.2, 0.25) is 0 Å². The normalized spacial score (nSPS) is 60.4. The average Bonchev–Trinajstić information content (AvgIpc) is 3.52. The van der Waals surface area contributed by atoms with Crippen LogP contribution in [0.5, 0.6) is 0 Å². The molecule has 2 nitrogen and oxygen atoms in total. The number of hydrogen-bond acceptors (Lipinski definition) is 2. The standard InChI is InChI=1S/C40H64O2/c1-34(2)15-7-17-36(5)29(34)13-19-38-21-26(9-11-31(36)38)28(23-38)33-41-25-40(42-33)24-39-20-14-30-35(3,4)16-8-18-37(30,6)32(39)12-10-27(40)22-39/h26-33H,7-25H2,1-6H3. The van der Waals surface area contributed by atoms with E-state index in [9.17, 15) is 0 Å². The predicted octanol–water partition coefficient (Wildman–Crippen LogP) is 10.6. The molecule has 13 unspecified atom stereocenters. The Morgan fingerprint density at radius 1 is 0.548 bits per heavy atom. The van der Waals surface area contributed by atoms with E-state index in [1.54, 1.807) is 0 Å². The molecule has 1 saturated heterocycles. The van der Waals surface area contributed by atoms with Gasteiger partial charge in [0.05, 0.1) is 12.2 Å². The molecule has 3 spiro atoms. The first-order chi connectivity index (χ1) is 19.9. The van der Waals surface area contributed by atoms with Crippen molar-refractivity contribution in [1.29, 1.82) is 0 Å². The van der Waals surface area contributed by atoms with Crippen LogP contribution >= 0.6 is 0 Å². The van der Waals surface area contributed by atoms with E-state index in [-0.39, 0.29) is 11.9 Å². The van der Waals surface area contributed by atoms with Crippen molar-refractivity contribution in [3.8, 4) is 0 Å². The van der Waals surface area contributed by atoms with E-state index in [2.05, 4.69) is 41.5 Å². The summed E-state index contributed by atoms with van der Waals surface area (Å²) < 4.78 is 14.4. The zero-order valence-corrected chi connectivity index (χ0v) is 28.4. The topological polar surface area (TPSA) is 18.5 Å². The van der Waals surface area contributed by atoms with Crippen molar-refractivity contribution in [2.45, 2.75) is 169 Å². The second-order valence-corrected chi connectivity index (χ2v) is 20.6. The predicted molar refractivity (Wildman–Crippen MR) is 170 cm³/mol. The smallest absolute Gasteiger partial charge is 0.161 e. The molecule has 0 radical (unpaired) electrons. The summed E-state index contributed by atoms with van der Waals surface area (Å²) in [6, 6.07) is 0. The van der Waals surface area contributed by atoms with E-state index in [1.165, 1.54) is 116 Å². The van der Waals surface area contributed by atoms with Crippen LogP contribution in [-0.4, -0.2) is 18.5 Å². The van der Waals surface area contributed by atoms with E-state index in [1.807, 2.05) is 0 Å². The fourth-order valence-corrected chi connectivity index (χ4v) is 17.1. The number of hydrogen-bond donors (Lipinski definition) is 0. The van der Waals surface area contributed by atoms with Crippen LogP contribution in [0.4, 0.5) is 0 Å². The molecule has 8 saturated carbocycles. The molecule has 2 heteroatoms. The van der Waals surface area contributed by atoms with Crippen LogP contribution in [0.15, 0.2) is 0 Å². The molecule has 4 bridgehead atoms. The molecule has 9 rings (SSSR count). The lowest BCUT2D eigenvalue weighted by atomic mass is 9.41. The van der Waals surface area contributed by atoms with Crippen LogP contribution in [0, 0.1) is 73.9 Å². The van der Waals surface area contributed by atoms with Crippen molar-refractivity contribution >= 4 is 0 Å². The Bertz CT molecular complexity index is 1120. The lowest BCUT2D eigenvalue weighted by molar-refractivity contribution is -0.151. The van der Waals surface area contributed by atoms with Gasteiger partial charge in [0.25, 0.3) is 0 Å². The van der Waals surface area contributed by atoms with Gasteiger partial charge in [0.1, 0.15) is 0 Å². The summed E-state index contributed by atoms with van der Waals surface area (Å²) in [6.45, 7) is 16.9. The molecular weight excluding hydrogens is 512 g/mol. The molecule has 236 valence electrons. The van der Waals surface area contributed by atoms with Gasteiger partial charge in [0.15, 0.2) is 6.29 Å². The Morgan fingerprint density at radius 2 is 1.17 bits per heavy atom. The van der Waals surface area contributed by atoms with Crippen LogP contribution in [0.2, 0.25) is 0 Å². The molecule has 0 amide bonds. The first kappa shape index (κ1) is 28.2. The monoisotopic (exact) mass is 576 g/mol.